The minimum Gasteiger partial charge on any atom is -0.493 e. The SMILES string of the molecule is COc1cc2nncc(N3CCN(C(=O)Nc4ccc(Oc5ccccc5)cc4)CC3)c2cc1OC. The first-order valence-electron chi connectivity index (χ1n) is 11.7. The van der Waals surface area contributed by atoms with Gasteiger partial charge in [-0.25, -0.2) is 4.79 Å². The Kier molecular flexibility index (Phi) is 6.70. The molecule has 36 heavy (non-hydrogen) atoms. The number of rotatable bonds is 6. The number of aromatic nitrogens is 2. The Hall–Kier alpha value is -4.53. The van der Waals surface area contributed by atoms with Crippen molar-refractivity contribution < 1.29 is 19.0 Å². The third-order valence-electron chi connectivity index (χ3n) is 6.12. The van der Waals surface area contributed by atoms with E-state index in [1.54, 1.807) is 20.4 Å². The number of carbonyl (C=O) groups excluding carboxylic acids is 1. The summed E-state index contributed by atoms with van der Waals surface area (Å²) in [5, 5.41) is 12.3. The van der Waals surface area contributed by atoms with Crippen molar-refractivity contribution in [2.24, 2.45) is 0 Å². The van der Waals surface area contributed by atoms with Crippen LogP contribution in [0.3, 0.4) is 0 Å². The molecule has 0 radical (unpaired) electrons. The summed E-state index contributed by atoms with van der Waals surface area (Å²) < 4.78 is 16.7. The van der Waals surface area contributed by atoms with Gasteiger partial charge in [0.05, 0.1) is 31.6 Å². The molecule has 2 heterocycles. The number of ether oxygens (including phenoxy) is 3. The van der Waals surface area contributed by atoms with Crippen molar-refractivity contribution in [1.29, 1.82) is 0 Å². The molecule has 184 valence electrons. The van der Waals surface area contributed by atoms with E-state index in [1.165, 1.54) is 0 Å². The first-order chi connectivity index (χ1) is 17.6. The van der Waals surface area contributed by atoms with Crippen LogP contribution in [0.25, 0.3) is 10.9 Å². The van der Waals surface area contributed by atoms with Gasteiger partial charge in [-0.1, -0.05) is 18.2 Å². The van der Waals surface area contributed by atoms with Gasteiger partial charge in [-0.05, 0) is 42.5 Å². The molecule has 0 spiro atoms. The van der Waals surface area contributed by atoms with E-state index in [1.807, 2.05) is 71.6 Å². The fraction of sp³-hybridized carbons (Fsp3) is 0.222. The fourth-order valence-electron chi connectivity index (χ4n) is 4.21. The quantitative estimate of drug-likeness (QED) is 0.420. The number of nitrogens with one attached hydrogen (secondary N) is 1. The van der Waals surface area contributed by atoms with E-state index in [4.69, 9.17) is 14.2 Å². The van der Waals surface area contributed by atoms with Crippen molar-refractivity contribution in [3.63, 3.8) is 0 Å². The molecule has 1 fully saturated rings. The molecule has 1 aliphatic rings. The first-order valence-corrected chi connectivity index (χ1v) is 11.7. The van der Waals surface area contributed by atoms with Gasteiger partial charge in [-0.2, -0.15) is 10.2 Å². The second kappa shape index (κ2) is 10.4. The molecule has 0 bridgehead atoms. The predicted molar refractivity (Wildman–Crippen MR) is 138 cm³/mol. The largest absolute Gasteiger partial charge is 0.493 e. The molecule has 9 nitrogen and oxygen atoms in total. The number of urea groups is 1. The van der Waals surface area contributed by atoms with Gasteiger partial charge < -0.3 is 29.3 Å². The van der Waals surface area contributed by atoms with Gasteiger partial charge in [0, 0.05) is 43.3 Å². The third-order valence-corrected chi connectivity index (χ3v) is 6.12. The van der Waals surface area contributed by atoms with Crippen LogP contribution < -0.4 is 24.4 Å². The third kappa shape index (κ3) is 4.95. The number of anilines is 2. The summed E-state index contributed by atoms with van der Waals surface area (Å²) in [4.78, 5) is 16.9. The number of carbonyl (C=O) groups is 1. The van der Waals surface area contributed by atoms with Gasteiger partial charge in [-0.3, -0.25) is 0 Å². The molecular weight excluding hydrogens is 458 g/mol. The van der Waals surface area contributed by atoms with Crippen LogP contribution >= 0.6 is 0 Å². The molecule has 0 atom stereocenters. The van der Waals surface area contributed by atoms with Crippen molar-refractivity contribution in [2.45, 2.75) is 0 Å². The Morgan fingerprint density at radius 3 is 2.22 bits per heavy atom. The molecule has 5 rings (SSSR count). The molecule has 3 aromatic carbocycles. The number of amides is 2. The Labute approximate surface area is 209 Å². The zero-order valence-corrected chi connectivity index (χ0v) is 20.2. The summed E-state index contributed by atoms with van der Waals surface area (Å²) in [7, 11) is 3.21. The van der Waals surface area contributed by atoms with Crippen molar-refractivity contribution in [3.8, 4) is 23.0 Å². The molecule has 0 unspecified atom stereocenters. The molecule has 0 aliphatic carbocycles. The Morgan fingerprint density at radius 1 is 0.861 bits per heavy atom. The molecule has 1 saturated heterocycles. The number of benzene rings is 3. The molecule has 9 heteroatoms. The van der Waals surface area contributed by atoms with Crippen LogP contribution in [0.1, 0.15) is 0 Å². The second-order valence-electron chi connectivity index (χ2n) is 8.30. The Balaban J connectivity index is 1.21. The number of methoxy groups -OCH3 is 2. The lowest BCUT2D eigenvalue weighted by Gasteiger charge is -2.36. The van der Waals surface area contributed by atoms with Crippen LogP contribution in [-0.2, 0) is 0 Å². The summed E-state index contributed by atoms with van der Waals surface area (Å²) in [6.07, 6.45) is 1.75. The maximum absolute atomic E-state index is 12.9. The smallest absolute Gasteiger partial charge is 0.321 e. The van der Waals surface area contributed by atoms with Crippen LogP contribution in [-0.4, -0.2) is 61.5 Å². The molecule has 0 saturated carbocycles. The summed E-state index contributed by atoms with van der Waals surface area (Å²) >= 11 is 0. The first kappa shape index (κ1) is 23.2. The normalized spacial score (nSPS) is 13.4. The molecule has 2 amide bonds. The maximum Gasteiger partial charge on any atom is 0.321 e. The highest BCUT2D eigenvalue weighted by Gasteiger charge is 2.23. The highest BCUT2D eigenvalue weighted by molar-refractivity contribution is 5.94. The lowest BCUT2D eigenvalue weighted by atomic mass is 10.1. The van der Waals surface area contributed by atoms with Gasteiger partial charge in [0.1, 0.15) is 11.5 Å². The second-order valence-corrected chi connectivity index (χ2v) is 8.30. The summed E-state index contributed by atoms with van der Waals surface area (Å²) in [6.45, 7) is 2.51. The monoisotopic (exact) mass is 485 g/mol. The van der Waals surface area contributed by atoms with E-state index in [2.05, 4.69) is 20.4 Å². The number of para-hydroxylation sites is 1. The minimum absolute atomic E-state index is 0.129. The summed E-state index contributed by atoms with van der Waals surface area (Å²) in [5.41, 5.74) is 2.40. The van der Waals surface area contributed by atoms with Crippen LogP contribution in [0.5, 0.6) is 23.0 Å². The van der Waals surface area contributed by atoms with Crippen molar-refractivity contribution in [3.05, 3.63) is 72.9 Å². The van der Waals surface area contributed by atoms with Gasteiger partial charge in [0.15, 0.2) is 11.5 Å². The van der Waals surface area contributed by atoms with E-state index < -0.39 is 0 Å². The Morgan fingerprint density at radius 2 is 1.53 bits per heavy atom. The number of fused-ring (bicyclic) bond motifs is 1. The molecular formula is C27H27N5O4. The average molecular weight is 486 g/mol. The zero-order valence-electron chi connectivity index (χ0n) is 20.2. The molecule has 1 N–H and O–H groups in total. The van der Waals surface area contributed by atoms with Crippen molar-refractivity contribution >= 4 is 28.3 Å². The van der Waals surface area contributed by atoms with Crippen LogP contribution in [0.4, 0.5) is 16.2 Å². The van der Waals surface area contributed by atoms with Gasteiger partial charge in [0.25, 0.3) is 0 Å². The van der Waals surface area contributed by atoms with Crippen LogP contribution in [0.2, 0.25) is 0 Å². The van der Waals surface area contributed by atoms with Crippen molar-refractivity contribution in [1.82, 2.24) is 15.1 Å². The number of nitrogens with zero attached hydrogens (tertiary/aromatic N) is 4. The van der Waals surface area contributed by atoms with Gasteiger partial charge in [0.2, 0.25) is 0 Å². The maximum atomic E-state index is 12.9. The van der Waals surface area contributed by atoms with E-state index in [0.29, 0.717) is 49.1 Å². The van der Waals surface area contributed by atoms with E-state index in [0.717, 1.165) is 22.3 Å². The summed E-state index contributed by atoms with van der Waals surface area (Å²) in [6, 6.07) is 20.5. The zero-order chi connectivity index (χ0) is 24.9. The molecule has 1 aromatic heterocycles. The fourth-order valence-corrected chi connectivity index (χ4v) is 4.21. The number of piperazine rings is 1. The standard InChI is InChI=1S/C27H27N5O4/c1-34-25-16-22-23(17-26(25)35-2)30-28-18-24(22)31-12-14-32(15-13-31)27(33)29-19-8-10-21(11-9-19)36-20-6-4-3-5-7-20/h3-11,16-18H,12-15H2,1-2H3,(H,29,33). The number of hydrogen-bond donors (Lipinski definition) is 1. The highest BCUT2D eigenvalue weighted by Crippen LogP contribution is 2.35. The van der Waals surface area contributed by atoms with Crippen LogP contribution in [0, 0.1) is 0 Å². The Bertz CT molecular complexity index is 1340. The van der Waals surface area contributed by atoms with Gasteiger partial charge >= 0.3 is 6.03 Å². The molecule has 1 aliphatic heterocycles. The van der Waals surface area contributed by atoms with Crippen molar-refractivity contribution in [2.75, 3.05) is 50.6 Å². The van der Waals surface area contributed by atoms with E-state index in [-0.39, 0.29) is 6.03 Å². The highest BCUT2D eigenvalue weighted by atomic mass is 16.5. The summed E-state index contributed by atoms with van der Waals surface area (Å²) in [5.74, 6) is 2.72. The van der Waals surface area contributed by atoms with Crippen LogP contribution in [0.15, 0.2) is 72.9 Å². The minimum atomic E-state index is -0.129. The molecule has 4 aromatic rings. The topological polar surface area (TPSA) is 89.1 Å². The van der Waals surface area contributed by atoms with Gasteiger partial charge in [-0.15, -0.1) is 0 Å². The lowest BCUT2D eigenvalue weighted by molar-refractivity contribution is 0.208. The number of hydrogen-bond acceptors (Lipinski definition) is 7. The lowest BCUT2D eigenvalue weighted by Crippen LogP contribution is -2.50. The predicted octanol–water partition coefficient (Wildman–Crippen LogP) is 4.79. The average Bonchev–Trinajstić information content (AvgIpc) is 2.93. The van der Waals surface area contributed by atoms with E-state index in [9.17, 15) is 4.79 Å². The van der Waals surface area contributed by atoms with E-state index >= 15 is 0 Å².